The second-order valence-corrected chi connectivity index (χ2v) is 6.14. The van der Waals surface area contributed by atoms with Crippen LogP contribution in [0.2, 0.25) is 0 Å². The van der Waals surface area contributed by atoms with Gasteiger partial charge in [-0.25, -0.2) is 0 Å². The molecule has 18 heavy (non-hydrogen) atoms. The molecule has 0 aromatic rings. The molecule has 3 nitrogen and oxygen atoms in total. The molecule has 0 aromatic heterocycles. The molecule has 0 bridgehead atoms. The summed E-state index contributed by atoms with van der Waals surface area (Å²) in [5.74, 6) is 2.23. The van der Waals surface area contributed by atoms with Crippen LogP contribution < -0.4 is 0 Å². The highest BCUT2D eigenvalue weighted by molar-refractivity contribution is 4.94. The van der Waals surface area contributed by atoms with Gasteiger partial charge in [0.2, 0.25) is 6.67 Å². The predicted molar refractivity (Wildman–Crippen MR) is 73.1 cm³/mol. The quantitative estimate of drug-likeness (QED) is 0.762. The van der Waals surface area contributed by atoms with E-state index in [0.29, 0.717) is 24.7 Å². The minimum atomic E-state index is 0.412. The second-order valence-electron chi connectivity index (χ2n) is 6.14. The molecule has 0 spiro atoms. The summed E-state index contributed by atoms with van der Waals surface area (Å²) in [5, 5.41) is 0. The van der Waals surface area contributed by atoms with Gasteiger partial charge in [-0.1, -0.05) is 27.2 Å². The predicted octanol–water partition coefficient (Wildman–Crippen LogP) is 3.14. The summed E-state index contributed by atoms with van der Waals surface area (Å²) in [5.41, 5.74) is 0. The van der Waals surface area contributed by atoms with Crippen LogP contribution in [-0.2, 0) is 4.74 Å². The van der Waals surface area contributed by atoms with Gasteiger partial charge in [-0.3, -0.25) is 0 Å². The van der Waals surface area contributed by atoms with E-state index in [1.54, 1.807) is 0 Å². The normalized spacial score (nSPS) is 32.6. The molecule has 2 radical (unpaired) electrons. The first-order valence-electron chi connectivity index (χ1n) is 7.12. The molecule has 2 rings (SSSR count). The Kier molecular flexibility index (Phi) is 4.55. The first-order valence-corrected chi connectivity index (χ1v) is 7.12. The summed E-state index contributed by atoms with van der Waals surface area (Å²) in [7, 11) is 1.98. The van der Waals surface area contributed by atoms with Crippen LogP contribution in [0.15, 0.2) is 12.4 Å². The van der Waals surface area contributed by atoms with Gasteiger partial charge in [0.25, 0.3) is 0 Å². The molecule has 1 heterocycles. The van der Waals surface area contributed by atoms with Gasteiger partial charge < -0.3 is 14.5 Å². The molecule has 1 fully saturated rings. The molecule has 0 N–H and O–H groups in total. The van der Waals surface area contributed by atoms with Gasteiger partial charge in [0.15, 0.2) is 0 Å². The van der Waals surface area contributed by atoms with Crippen molar-refractivity contribution in [2.75, 3.05) is 13.8 Å². The summed E-state index contributed by atoms with van der Waals surface area (Å²) in [6.07, 6.45) is 8.29. The molecule has 1 aliphatic heterocycles. The molecule has 0 amide bonds. The molecular weight excluding hydrogens is 224 g/mol. The Morgan fingerprint density at radius 1 is 1.33 bits per heavy atom. The smallest absolute Gasteiger partial charge is 0.209 e. The van der Waals surface area contributed by atoms with Crippen molar-refractivity contribution in [3.05, 3.63) is 19.1 Å². The summed E-state index contributed by atoms with van der Waals surface area (Å²) in [6, 6.07) is 0. The fourth-order valence-electron chi connectivity index (χ4n) is 3.00. The van der Waals surface area contributed by atoms with E-state index in [9.17, 15) is 0 Å². The Balaban J connectivity index is 1.83. The van der Waals surface area contributed by atoms with E-state index in [4.69, 9.17) is 4.74 Å². The van der Waals surface area contributed by atoms with E-state index in [0.717, 1.165) is 5.92 Å². The first-order chi connectivity index (χ1) is 8.56. The fraction of sp³-hybridized carbons (Fsp3) is 0.800. The average molecular weight is 250 g/mol. The van der Waals surface area contributed by atoms with Crippen LogP contribution in [0, 0.1) is 24.4 Å². The van der Waals surface area contributed by atoms with Crippen LogP contribution in [0.3, 0.4) is 0 Å². The highest BCUT2D eigenvalue weighted by Gasteiger charge is 2.31. The third-order valence-electron chi connectivity index (χ3n) is 4.15. The Labute approximate surface area is 112 Å². The van der Waals surface area contributed by atoms with Crippen molar-refractivity contribution in [2.45, 2.75) is 46.1 Å². The number of hydrogen-bond acceptors (Lipinski definition) is 3. The van der Waals surface area contributed by atoms with Crippen molar-refractivity contribution in [3.8, 4) is 0 Å². The minimum absolute atomic E-state index is 0.412. The van der Waals surface area contributed by atoms with E-state index >= 15 is 0 Å². The molecular formula is C15H26N2O. The number of rotatable bonds is 4. The first kappa shape index (κ1) is 13.7. The Bertz CT molecular complexity index is 290. The lowest BCUT2D eigenvalue weighted by atomic mass is 9.75. The van der Waals surface area contributed by atoms with Gasteiger partial charge in [-0.2, -0.15) is 0 Å². The molecule has 0 unspecified atom stereocenters. The highest BCUT2D eigenvalue weighted by Crippen LogP contribution is 2.35. The van der Waals surface area contributed by atoms with Crippen LogP contribution in [0.4, 0.5) is 0 Å². The van der Waals surface area contributed by atoms with Crippen molar-refractivity contribution in [3.63, 3.8) is 0 Å². The molecule has 1 saturated carbocycles. The van der Waals surface area contributed by atoms with E-state index in [1.165, 1.54) is 19.3 Å². The average Bonchev–Trinajstić information content (AvgIpc) is 2.72. The SMILES string of the molecule is CC(C)[C@H]1CC[C@H](C)C[C@@H]1OCN1[C]N(C)C=C1. The molecule has 0 saturated heterocycles. The third-order valence-corrected chi connectivity index (χ3v) is 4.15. The maximum Gasteiger partial charge on any atom is 0.209 e. The molecule has 3 heteroatoms. The zero-order chi connectivity index (χ0) is 13.1. The van der Waals surface area contributed by atoms with Gasteiger partial charge in [0.05, 0.1) is 6.10 Å². The molecule has 3 atom stereocenters. The van der Waals surface area contributed by atoms with Crippen molar-refractivity contribution < 1.29 is 4.74 Å². The van der Waals surface area contributed by atoms with E-state index < -0.39 is 0 Å². The Morgan fingerprint density at radius 3 is 2.72 bits per heavy atom. The Morgan fingerprint density at radius 2 is 2.11 bits per heavy atom. The minimum Gasteiger partial charge on any atom is -0.358 e. The number of nitrogens with zero attached hydrogens (tertiary/aromatic N) is 2. The maximum atomic E-state index is 6.15. The number of hydrogen-bond donors (Lipinski definition) is 0. The van der Waals surface area contributed by atoms with Gasteiger partial charge in [0.1, 0.15) is 6.73 Å². The van der Waals surface area contributed by atoms with Gasteiger partial charge in [-0.15, -0.1) is 0 Å². The van der Waals surface area contributed by atoms with Gasteiger partial charge in [0, 0.05) is 19.4 Å². The largest absolute Gasteiger partial charge is 0.358 e. The van der Waals surface area contributed by atoms with E-state index in [1.807, 2.05) is 29.2 Å². The van der Waals surface area contributed by atoms with Crippen LogP contribution >= 0.6 is 0 Å². The van der Waals surface area contributed by atoms with Crippen LogP contribution in [0.5, 0.6) is 0 Å². The zero-order valence-corrected chi connectivity index (χ0v) is 12.1. The summed E-state index contributed by atoms with van der Waals surface area (Å²) in [6.45, 7) is 10.8. The van der Waals surface area contributed by atoms with E-state index in [-0.39, 0.29) is 0 Å². The van der Waals surface area contributed by atoms with Crippen molar-refractivity contribution >= 4 is 0 Å². The van der Waals surface area contributed by atoms with Crippen LogP contribution in [0.25, 0.3) is 0 Å². The lowest BCUT2D eigenvalue weighted by Crippen LogP contribution is -2.36. The lowest BCUT2D eigenvalue weighted by Gasteiger charge is -2.37. The van der Waals surface area contributed by atoms with Crippen LogP contribution in [0.1, 0.15) is 40.0 Å². The molecule has 102 valence electrons. The van der Waals surface area contributed by atoms with E-state index in [2.05, 4.69) is 27.4 Å². The summed E-state index contributed by atoms with van der Waals surface area (Å²) in [4.78, 5) is 3.91. The highest BCUT2D eigenvalue weighted by atomic mass is 16.5. The third kappa shape index (κ3) is 3.41. The van der Waals surface area contributed by atoms with Gasteiger partial charge >= 0.3 is 0 Å². The lowest BCUT2D eigenvalue weighted by molar-refractivity contribution is -0.0672. The van der Waals surface area contributed by atoms with Crippen molar-refractivity contribution in [1.29, 1.82) is 0 Å². The topological polar surface area (TPSA) is 15.7 Å². The summed E-state index contributed by atoms with van der Waals surface area (Å²) >= 11 is 0. The zero-order valence-electron chi connectivity index (χ0n) is 12.1. The second kappa shape index (κ2) is 5.96. The fourth-order valence-corrected chi connectivity index (χ4v) is 3.00. The molecule has 2 aliphatic rings. The molecule has 1 aliphatic carbocycles. The number of ether oxygens (including phenoxy) is 1. The van der Waals surface area contributed by atoms with Crippen molar-refractivity contribution in [1.82, 2.24) is 9.80 Å². The van der Waals surface area contributed by atoms with Crippen molar-refractivity contribution in [2.24, 2.45) is 17.8 Å². The monoisotopic (exact) mass is 250 g/mol. The van der Waals surface area contributed by atoms with Gasteiger partial charge in [-0.05, 0) is 30.6 Å². The maximum absolute atomic E-state index is 6.15. The molecule has 0 aromatic carbocycles. The Hall–Kier alpha value is -0.700. The standard InChI is InChI=1S/C15H26N2O/c1-12(2)14-6-5-13(3)9-15(14)18-11-17-8-7-16(4)10-17/h7-8,12-15H,5-6,9,11H2,1-4H3/t13-,14+,15-/m0/s1. The van der Waals surface area contributed by atoms with Crippen LogP contribution in [-0.4, -0.2) is 29.7 Å². The summed E-state index contributed by atoms with van der Waals surface area (Å²) < 4.78 is 6.15.